The van der Waals surface area contributed by atoms with E-state index in [1.54, 1.807) is 6.20 Å². The number of hydrogen-bond donors (Lipinski definition) is 0. The van der Waals surface area contributed by atoms with Crippen molar-refractivity contribution in [3.63, 3.8) is 0 Å². The van der Waals surface area contributed by atoms with Gasteiger partial charge in [0.25, 0.3) is 5.92 Å². The Labute approximate surface area is 223 Å². The molecule has 8 heteroatoms. The first-order chi connectivity index (χ1) is 18.2. The third-order valence-electron chi connectivity index (χ3n) is 8.39. The van der Waals surface area contributed by atoms with Gasteiger partial charge in [-0.05, 0) is 49.1 Å². The summed E-state index contributed by atoms with van der Waals surface area (Å²) < 4.78 is 29.5. The fourth-order valence-electron chi connectivity index (χ4n) is 5.76. The molecule has 3 aliphatic rings. The lowest BCUT2D eigenvalue weighted by molar-refractivity contribution is -0.0220. The van der Waals surface area contributed by atoms with E-state index in [0.29, 0.717) is 25.0 Å². The van der Waals surface area contributed by atoms with Crippen LogP contribution in [0.5, 0.6) is 0 Å². The Morgan fingerprint density at radius 3 is 2.47 bits per heavy atom. The molecule has 200 valence electrons. The minimum Gasteiger partial charge on any atom is -0.369 e. The van der Waals surface area contributed by atoms with Gasteiger partial charge in [0.05, 0.1) is 24.1 Å². The van der Waals surface area contributed by atoms with E-state index in [-0.39, 0.29) is 12.8 Å². The van der Waals surface area contributed by atoms with Gasteiger partial charge in [-0.1, -0.05) is 26.5 Å². The Hall–Kier alpha value is -3.26. The van der Waals surface area contributed by atoms with Crippen molar-refractivity contribution in [2.24, 2.45) is 5.41 Å². The van der Waals surface area contributed by atoms with Crippen LogP contribution in [0.15, 0.2) is 49.7 Å². The molecule has 3 aromatic rings. The number of aromatic nitrogens is 3. The van der Waals surface area contributed by atoms with Crippen LogP contribution in [0.25, 0.3) is 17.4 Å². The molecule has 0 amide bonds. The second kappa shape index (κ2) is 9.49. The van der Waals surface area contributed by atoms with Gasteiger partial charge in [-0.2, -0.15) is 0 Å². The van der Waals surface area contributed by atoms with E-state index in [9.17, 15) is 8.78 Å². The maximum atomic E-state index is 13.7. The second-order valence-electron chi connectivity index (χ2n) is 11.8. The van der Waals surface area contributed by atoms with Gasteiger partial charge in [-0.25, -0.2) is 13.8 Å². The van der Waals surface area contributed by atoms with E-state index in [4.69, 9.17) is 4.98 Å². The Kier molecular flexibility index (Phi) is 6.25. The molecule has 6 nitrogen and oxygen atoms in total. The third kappa shape index (κ3) is 5.06. The molecular weight excluding hydrogens is 482 g/mol. The summed E-state index contributed by atoms with van der Waals surface area (Å²) in [5, 5.41) is 0. The summed E-state index contributed by atoms with van der Waals surface area (Å²) in [5.41, 5.74) is 7.30. The number of piperidine rings is 2. The molecule has 0 bridgehead atoms. The Morgan fingerprint density at radius 1 is 0.947 bits per heavy atom. The lowest BCUT2D eigenvalue weighted by atomic mass is 9.82. The van der Waals surface area contributed by atoms with Gasteiger partial charge in [0, 0.05) is 74.1 Å². The average molecular weight is 519 g/mol. The van der Waals surface area contributed by atoms with Crippen LogP contribution in [0.4, 0.5) is 14.5 Å². The molecule has 0 radical (unpaired) electrons. The van der Waals surface area contributed by atoms with Crippen LogP contribution >= 0.6 is 0 Å². The molecule has 0 aromatic carbocycles. The number of rotatable bonds is 5. The van der Waals surface area contributed by atoms with E-state index >= 15 is 0 Å². The average Bonchev–Trinajstić information content (AvgIpc) is 3.28. The van der Waals surface area contributed by atoms with Crippen LogP contribution in [0.1, 0.15) is 61.9 Å². The molecule has 6 rings (SSSR count). The first-order valence-electron chi connectivity index (χ1n) is 13.6. The summed E-state index contributed by atoms with van der Waals surface area (Å²) in [7, 11) is 0. The molecule has 0 aliphatic carbocycles. The number of likely N-dealkylation sites (tertiary alicyclic amines) is 1. The first kappa shape index (κ1) is 25.0. The molecule has 0 spiro atoms. The highest BCUT2D eigenvalue weighted by atomic mass is 19.3. The Bertz CT molecular complexity index is 1370. The predicted octanol–water partition coefficient (Wildman–Crippen LogP) is 6.04. The van der Waals surface area contributed by atoms with Crippen LogP contribution < -0.4 is 4.90 Å². The highest BCUT2D eigenvalue weighted by molar-refractivity contribution is 5.82. The minimum absolute atomic E-state index is 0.126. The zero-order chi connectivity index (χ0) is 26.5. The number of halogens is 2. The highest BCUT2D eigenvalue weighted by Gasteiger charge is 2.35. The summed E-state index contributed by atoms with van der Waals surface area (Å²) in [5.74, 6) is -2.57. The number of pyridine rings is 2. The van der Waals surface area contributed by atoms with Crippen molar-refractivity contribution < 1.29 is 8.78 Å². The van der Waals surface area contributed by atoms with Gasteiger partial charge in [0.1, 0.15) is 5.65 Å². The number of nitrogens with zero attached hydrogens (tertiary/aromatic N) is 6. The van der Waals surface area contributed by atoms with E-state index in [1.165, 1.54) is 18.4 Å². The molecule has 3 aromatic heterocycles. The van der Waals surface area contributed by atoms with Crippen molar-refractivity contribution >= 4 is 23.1 Å². The lowest BCUT2D eigenvalue weighted by Gasteiger charge is -2.36. The van der Waals surface area contributed by atoms with Crippen LogP contribution in [0.2, 0.25) is 0 Å². The molecule has 0 saturated carbocycles. The number of imidazole rings is 1. The van der Waals surface area contributed by atoms with Crippen LogP contribution in [0, 0.1) is 5.41 Å². The molecule has 0 atom stereocenters. The van der Waals surface area contributed by atoms with Gasteiger partial charge in [0.15, 0.2) is 0 Å². The van der Waals surface area contributed by atoms with Crippen LogP contribution in [0.3, 0.4) is 0 Å². The SMILES string of the molecule is C=C1c2cncc(N3CCC(F)(F)CC3)c2C=CN1Cc1cn2cc(CN3CCC(C)(C)CC3)ccc2n1. The molecule has 0 N–H and O–H groups in total. The third-order valence-corrected chi connectivity index (χ3v) is 8.39. The topological polar surface area (TPSA) is 39.9 Å². The summed E-state index contributed by atoms with van der Waals surface area (Å²) in [4.78, 5) is 15.9. The first-order valence-corrected chi connectivity index (χ1v) is 13.6. The summed E-state index contributed by atoms with van der Waals surface area (Å²) >= 11 is 0. The number of fused-ring (bicyclic) bond motifs is 2. The van der Waals surface area contributed by atoms with Crippen molar-refractivity contribution in [1.29, 1.82) is 0 Å². The zero-order valence-electron chi connectivity index (χ0n) is 22.3. The minimum atomic E-state index is -2.57. The standard InChI is InChI=1S/C30H36F2N6/c1-22-26-16-33-17-27(36-14-9-30(31,32)10-15-36)25(26)6-11-37(22)20-24-21-38-19-23(4-5-28(38)34-24)18-35-12-7-29(2,3)8-13-35/h4-6,11,16-17,19,21H,1,7-10,12-15,18,20H2,2-3H3. The van der Waals surface area contributed by atoms with Gasteiger partial charge in [0.2, 0.25) is 0 Å². The largest absolute Gasteiger partial charge is 0.369 e. The Morgan fingerprint density at radius 2 is 1.71 bits per heavy atom. The molecule has 6 heterocycles. The molecule has 3 aliphatic heterocycles. The van der Waals surface area contributed by atoms with Gasteiger partial charge in [-0.15, -0.1) is 0 Å². The smallest absolute Gasteiger partial charge is 0.251 e. The quantitative estimate of drug-likeness (QED) is 0.412. The summed E-state index contributed by atoms with van der Waals surface area (Å²) in [6.45, 7) is 13.6. The summed E-state index contributed by atoms with van der Waals surface area (Å²) in [6.07, 6.45) is 14.2. The van der Waals surface area contributed by atoms with Crippen molar-refractivity contribution in [2.75, 3.05) is 31.1 Å². The maximum absolute atomic E-state index is 13.7. The highest BCUT2D eigenvalue weighted by Crippen LogP contribution is 2.37. The van der Waals surface area contributed by atoms with E-state index < -0.39 is 5.92 Å². The van der Waals surface area contributed by atoms with Crippen molar-refractivity contribution in [3.8, 4) is 0 Å². The van der Waals surface area contributed by atoms with Crippen LogP contribution in [-0.4, -0.2) is 56.3 Å². The molecular formula is C30H36F2N6. The maximum Gasteiger partial charge on any atom is 0.251 e. The van der Waals surface area contributed by atoms with Gasteiger partial charge >= 0.3 is 0 Å². The molecule has 2 saturated heterocycles. The predicted molar refractivity (Wildman–Crippen MR) is 148 cm³/mol. The van der Waals surface area contributed by atoms with Crippen LogP contribution in [-0.2, 0) is 13.1 Å². The van der Waals surface area contributed by atoms with Crippen molar-refractivity contribution in [2.45, 2.75) is 58.5 Å². The molecule has 38 heavy (non-hydrogen) atoms. The van der Waals surface area contributed by atoms with Gasteiger partial charge in [-0.3, -0.25) is 9.88 Å². The normalized spacial score (nSPS) is 21.2. The molecule has 2 fully saturated rings. The number of anilines is 1. The monoisotopic (exact) mass is 518 g/mol. The van der Waals surface area contributed by atoms with E-state index in [0.717, 1.165) is 53.5 Å². The number of hydrogen-bond acceptors (Lipinski definition) is 5. The lowest BCUT2D eigenvalue weighted by Crippen LogP contribution is -2.40. The molecule has 0 unspecified atom stereocenters. The number of alkyl halides is 2. The second-order valence-corrected chi connectivity index (χ2v) is 11.8. The van der Waals surface area contributed by atoms with E-state index in [2.05, 4.69) is 64.1 Å². The fourth-order valence-corrected chi connectivity index (χ4v) is 5.76. The van der Waals surface area contributed by atoms with Crippen molar-refractivity contribution in [1.82, 2.24) is 24.2 Å². The van der Waals surface area contributed by atoms with E-state index in [1.807, 2.05) is 23.4 Å². The Balaban J connectivity index is 1.15. The van der Waals surface area contributed by atoms with Gasteiger partial charge < -0.3 is 14.2 Å². The zero-order valence-corrected chi connectivity index (χ0v) is 22.3. The fraction of sp³-hybridized carbons (Fsp3) is 0.467. The van der Waals surface area contributed by atoms with Crippen molar-refractivity contribution in [3.05, 3.63) is 72.1 Å². The summed E-state index contributed by atoms with van der Waals surface area (Å²) in [6, 6.07) is 4.28.